The number of hydrogen-bond acceptors (Lipinski definition) is 5. The quantitative estimate of drug-likeness (QED) is 0.883. The second-order valence-electron chi connectivity index (χ2n) is 4.98. The van der Waals surface area contributed by atoms with Gasteiger partial charge in [0.25, 0.3) is 5.91 Å². The molecule has 0 aromatic carbocycles. The van der Waals surface area contributed by atoms with Crippen LogP contribution in [0.4, 0.5) is 0 Å². The molecule has 1 N–H and O–H groups in total. The summed E-state index contributed by atoms with van der Waals surface area (Å²) in [5.74, 6) is 0.735. The van der Waals surface area contributed by atoms with Crippen LogP contribution in [0, 0.1) is 0 Å². The zero-order valence-corrected chi connectivity index (χ0v) is 11.5. The van der Waals surface area contributed by atoms with Gasteiger partial charge in [-0.15, -0.1) is 0 Å². The Kier molecular flexibility index (Phi) is 4.03. The number of β-amino-alcohol motifs (C(OH)–C–C–N with tert-alkyl or cyclic N) is 1. The minimum absolute atomic E-state index is 0.226. The molecule has 1 saturated heterocycles. The Bertz CT molecular complexity index is 593. The lowest BCUT2D eigenvalue weighted by atomic mass is 10.3. The first-order valence-corrected chi connectivity index (χ1v) is 6.82. The number of carbonyl (C=O) groups is 1. The van der Waals surface area contributed by atoms with Gasteiger partial charge in [0, 0.05) is 25.5 Å². The number of ether oxygens (including phenoxy) is 1. The average molecular weight is 291 g/mol. The summed E-state index contributed by atoms with van der Waals surface area (Å²) < 4.78 is 12.7. The lowest BCUT2D eigenvalue weighted by Crippen LogP contribution is -2.37. The molecule has 21 heavy (non-hydrogen) atoms. The van der Waals surface area contributed by atoms with Gasteiger partial charge < -0.3 is 23.7 Å². The number of amides is 1. The van der Waals surface area contributed by atoms with Crippen LogP contribution < -0.4 is 0 Å². The summed E-state index contributed by atoms with van der Waals surface area (Å²) in [6.07, 6.45) is 4.55. The van der Waals surface area contributed by atoms with Crippen LogP contribution in [0.1, 0.15) is 16.3 Å². The van der Waals surface area contributed by atoms with Crippen molar-refractivity contribution in [2.75, 3.05) is 26.3 Å². The lowest BCUT2D eigenvalue weighted by Gasteiger charge is -2.19. The fourth-order valence-electron chi connectivity index (χ4n) is 2.27. The molecule has 3 rings (SSSR count). The van der Waals surface area contributed by atoms with E-state index >= 15 is 0 Å². The minimum Gasteiger partial charge on any atom is -0.454 e. The van der Waals surface area contributed by atoms with Gasteiger partial charge in [0.15, 0.2) is 5.76 Å². The van der Waals surface area contributed by atoms with Crippen LogP contribution in [0.5, 0.6) is 0 Å². The van der Waals surface area contributed by atoms with Crippen LogP contribution in [0.25, 0.3) is 0 Å². The monoisotopic (exact) mass is 291 g/mol. The Morgan fingerprint density at radius 3 is 3.19 bits per heavy atom. The van der Waals surface area contributed by atoms with E-state index in [1.807, 2.05) is 10.8 Å². The van der Waals surface area contributed by atoms with Crippen molar-refractivity contribution in [1.82, 2.24) is 14.5 Å². The first-order valence-electron chi connectivity index (χ1n) is 6.82. The van der Waals surface area contributed by atoms with Crippen LogP contribution >= 0.6 is 0 Å². The topological polar surface area (TPSA) is 80.7 Å². The van der Waals surface area contributed by atoms with Gasteiger partial charge in [-0.05, 0) is 12.1 Å². The fourth-order valence-corrected chi connectivity index (χ4v) is 2.27. The summed E-state index contributed by atoms with van der Waals surface area (Å²) in [5.41, 5.74) is 0. The van der Waals surface area contributed by atoms with Gasteiger partial charge in [-0.25, -0.2) is 4.98 Å². The molecule has 1 fully saturated rings. The van der Waals surface area contributed by atoms with Crippen LogP contribution in [0.3, 0.4) is 0 Å². The van der Waals surface area contributed by atoms with Gasteiger partial charge in [0.05, 0.1) is 32.2 Å². The summed E-state index contributed by atoms with van der Waals surface area (Å²) in [5, 5.41) is 9.67. The Labute approximate surface area is 121 Å². The van der Waals surface area contributed by atoms with E-state index in [9.17, 15) is 9.90 Å². The number of imidazole rings is 1. The van der Waals surface area contributed by atoms with E-state index < -0.39 is 6.10 Å². The Balaban J connectivity index is 1.68. The van der Waals surface area contributed by atoms with E-state index in [-0.39, 0.29) is 24.8 Å². The molecule has 1 aliphatic rings. The largest absolute Gasteiger partial charge is 0.454 e. The zero-order chi connectivity index (χ0) is 14.7. The number of hydrogen-bond donors (Lipinski definition) is 1. The molecule has 0 aliphatic carbocycles. The summed E-state index contributed by atoms with van der Waals surface area (Å²) in [6, 6.07) is 3.44. The van der Waals surface area contributed by atoms with Crippen LogP contribution in [-0.4, -0.2) is 57.9 Å². The Morgan fingerprint density at radius 2 is 2.38 bits per heavy atom. The average Bonchev–Trinajstić information content (AvgIpc) is 3.09. The predicted molar refractivity (Wildman–Crippen MR) is 72.8 cm³/mol. The van der Waals surface area contributed by atoms with Crippen molar-refractivity contribution in [2.24, 2.45) is 0 Å². The van der Waals surface area contributed by atoms with Gasteiger partial charge in [-0.3, -0.25) is 4.79 Å². The number of aromatic nitrogens is 2. The van der Waals surface area contributed by atoms with Crippen LogP contribution in [0.2, 0.25) is 0 Å². The van der Waals surface area contributed by atoms with E-state index in [1.165, 1.54) is 0 Å². The first-order chi connectivity index (χ1) is 10.2. The van der Waals surface area contributed by atoms with E-state index in [0.717, 1.165) is 0 Å². The van der Waals surface area contributed by atoms with Gasteiger partial charge >= 0.3 is 0 Å². The maximum Gasteiger partial charge on any atom is 0.289 e. The van der Waals surface area contributed by atoms with Crippen molar-refractivity contribution in [3.63, 3.8) is 0 Å². The molecule has 2 aromatic rings. The summed E-state index contributed by atoms with van der Waals surface area (Å²) >= 11 is 0. The van der Waals surface area contributed by atoms with E-state index in [1.54, 1.807) is 29.6 Å². The highest BCUT2D eigenvalue weighted by atomic mass is 16.5. The molecule has 1 aliphatic heterocycles. The second kappa shape index (κ2) is 6.11. The first kappa shape index (κ1) is 13.8. The van der Waals surface area contributed by atoms with E-state index in [2.05, 4.69) is 4.98 Å². The van der Waals surface area contributed by atoms with Crippen LogP contribution in [0.15, 0.2) is 35.3 Å². The van der Waals surface area contributed by atoms with Crippen molar-refractivity contribution in [1.29, 1.82) is 0 Å². The predicted octanol–water partition coefficient (Wildman–Crippen LogP) is 0.358. The van der Waals surface area contributed by atoms with Crippen molar-refractivity contribution >= 4 is 5.91 Å². The molecular formula is C14H17N3O4. The lowest BCUT2D eigenvalue weighted by molar-refractivity contribution is 0.0525. The highest BCUT2D eigenvalue weighted by Gasteiger charge is 2.24. The highest BCUT2D eigenvalue weighted by Crippen LogP contribution is 2.13. The number of aliphatic hydroxyl groups is 1. The molecule has 7 nitrogen and oxygen atoms in total. The molecule has 112 valence electrons. The molecule has 2 aromatic heterocycles. The minimum atomic E-state index is -0.656. The standard InChI is InChI=1S/C14H17N3O4/c18-11-7-17(5-6-20-9-11)14(19)13-2-1-12(21-13)8-16-4-3-15-10-16/h1-4,10-11,18H,5-9H2/t11-/m1/s1. The third kappa shape index (κ3) is 3.32. The molecule has 0 bridgehead atoms. The van der Waals surface area contributed by atoms with Gasteiger partial charge in [-0.1, -0.05) is 0 Å². The molecular weight excluding hydrogens is 274 g/mol. The molecule has 1 amide bonds. The zero-order valence-electron chi connectivity index (χ0n) is 11.5. The number of carbonyl (C=O) groups excluding carboxylic acids is 1. The molecule has 0 spiro atoms. The molecule has 0 unspecified atom stereocenters. The summed E-state index contributed by atoms with van der Waals surface area (Å²) in [7, 11) is 0. The molecule has 7 heteroatoms. The number of aliphatic hydroxyl groups excluding tert-OH is 1. The summed E-state index contributed by atoms with van der Waals surface area (Å²) in [6.45, 7) is 1.92. The molecule has 1 atom stereocenters. The van der Waals surface area contributed by atoms with E-state index in [0.29, 0.717) is 25.5 Å². The molecule has 0 saturated carbocycles. The van der Waals surface area contributed by atoms with Crippen molar-refractivity contribution in [3.05, 3.63) is 42.4 Å². The van der Waals surface area contributed by atoms with E-state index in [4.69, 9.17) is 9.15 Å². The molecule has 3 heterocycles. The fraction of sp³-hybridized carbons (Fsp3) is 0.429. The van der Waals surface area contributed by atoms with Crippen LogP contribution in [-0.2, 0) is 11.3 Å². The highest BCUT2D eigenvalue weighted by molar-refractivity contribution is 5.91. The number of furan rings is 1. The van der Waals surface area contributed by atoms with Crippen molar-refractivity contribution < 1.29 is 19.1 Å². The third-order valence-electron chi connectivity index (χ3n) is 3.30. The number of rotatable bonds is 3. The molecule has 0 radical (unpaired) electrons. The number of nitrogens with zero attached hydrogens (tertiary/aromatic N) is 3. The van der Waals surface area contributed by atoms with Crippen molar-refractivity contribution in [3.8, 4) is 0 Å². The van der Waals surface area contributed by atoms with Crippen molar-refractivity contribution in [2.45, 2.75) is 12.6 Å². The Morgan fingerprint density at radius 1 is 1.48 bits per heavy atom. The smallest absolute Gasteiger partial charge is 0.289 e. The van der Waals surface area contributed by atoms with Gasteiger partial charge in [0.1, 0.15) is 5.76 Å². The van der Waals surface area contributed by atoms with Gasteiger partial charge in [-0.2, -0.15) is 0 Å². The van der Waals surface area contributed by atoms with Gasteiger partial charge in [0.2, 0.25) is 0 Å². The third-order valence-corrected chi connectivity index (χ3v) is 3.30. The maximum atomic E-state index is 12.4. The second-order valence-corrected chi connectivity index (χ2v) is 4.98. The summed E-state index contributed by atoms with van der Waals surface area (Å²) in [4.78, 5) is 17.9. The SMILES string of the molecule is O=C(c1ccc(Cn2ccnc2)o1)N1CCOC[C@H](O)C1. The Hall–Kier alpha value is -2.12. The maximum absolute atomic E-state index is 12.4. The normalized spacial score (nSPS) is 19.5.